The van der Waals surface area contributed by atoms with Crippen molar-refractivity contribution in [2.24, 2.45) is 34.7 Å². The number of rotatable bonds is 4. The Hall–Kier alpha value is -3.06. The maximum atomic E-state index is 9.87. The Morgan fingerprint density at radius 2 is 1.84 bits per heavy atom. The zero-order valence-corrected chi connectivity index (χ0v) is 23.3. The zero-order chi connectivity index (χ0) is 26.2. The molecule has 6 rings (SSSR count). The van der Waals surface area contributed by atoms with Crippen molar-refractivity contribution in [3.05, 3.63) is 82.4 Å². The first-order valence-corrected chi connectivity index (χ1v) is 14.1. The molecule has 0 saturated heterocycles. The van der Waals surface area contributed by atoms with Crippen molar-refractivity contribution < 1.29 is 0 Å². The number of nitrogens with zero attached hydrogens (tertiary/aromatic N) is 4. The molecular formula is C33H40N4. The Balaban J connectivity index is 1.61. The first-order valence-electron chi connectivity index (χ1n) is 14.1. The Morgan fingerprint density at radius 1 is 1.08 bits per heavy atom. The van der Waals surface area contributed by atoms with Crippen molar-refractivity contribution in [2.75, 3.05) is 0 Å². The fourth-order valence-electron chi connectivity index (χ4n) is 7.84. The van der Waals surface area contributed by atoms with Gasteiger partial charge in [0.05, 0.1) is 17.7 Å². The summed E-state index contributed by atoms with van der Waals surface area (Å²) in [5.41, 5.74) is 5.97. The topological polar surface area (TPSA) is 42.6 Å². The van der Waals surface area contributed by atoms with Crippen LogP contribution in [0.3, 0.4) is 0 Å². The molecule has 2 heterocycles. The smallest absolute Gasteiger partial charge is 0.158 e. The molecule has 4 aliphatic rings. The van der Waals surface area contributed by atoms with E-state index in [-0.39, 0.29) is 11.6 Å². The van der Waals surface area contributed by atoms with Gasteiger partial charge in [0.25, 0.3) is 0 Å². The fourth-order valence-corrected chi connectivity index (χ4v) is 7.84. The van der Waals surface area contributed by atoms with Gasteiger partial charge in [0.2, 0.25) is 0 Å². The van der Waals surface area contributed by atoms with E-state index in [1.807, 2.05) is 6.07 Å². The number of hydrazone groups is 1. The predicted molar refractivity (Wildman–Crippen MR) is 150 cm³/mol. The Morgan fingerprint density at radius 3 is 2.51 bits per heavy atom. The summed E-state index contributed by atoms with van der Waals surface area (Å²) in [6.45, 7) is 16.5. The number of hydrogen-bond acceptors (Lipinski definition) is 4. The lowest BCUT2D eigenvalue weighted by Gasteiger charge is -2.49. The van der Waals surface area contributed by atoms with Crippen LogP contribution in [-0.2, 0) is 5.41 Å². The summed E-state index contributed by atoms with van der Waals surface area (Å²) in [5.74, 6) is 3.66. The number of allylic oxidation sites excluding steroid dienone is 1. The third-order valence-corrected chi connectivity index (χ3v) is 10.2. The Kier molecular flexibility index (Phi) is 5.57. The molecule has 0 N–H and O–H groups in total. The van der Waals surface area contributed by atoms with Gasteiger partial charge in [-0.05, 0) is 66.2 Å². The molecule has 1 saturated carbocycles. The number of nitriles is 1. The van der Waals surface area contributed by atoms with Gasteiger partial charge >= 0.3 is 0 Å². The van der Waals surface area contributed by atoms with Crippen LogP contribution < -0.4 is 0 Å². The molecule has 0 bridgehead atoms. The number of amidine groups is 1. The van der Waals surface area contributed by atoms with Gasteiger partial charge in [-0.2, -0.15) is 10.4 Å². The Labute approximate surface area is 222 Å². The van der Waals surface area contributed by atoms with E-state index in [1.54, 1.807) is 0 Å². The largest absolute Gasteiger partial charge is 0.325 e. The lowest BCUT2D eigenvalue weighted by molar-refractivity contribution is 0.0213. The minimum atomic E-state index is 0.0138. The van der Waals surface area contributed by atoms with Gasteiger partial charge in [-0.3, -0.25) is 5.01 Å². The van der Waals surface area contributed by atoms with Crippen LogP contribution in [0.5, 0.6) is 0 Å². The highest BCUT2D eigenvalue weighted by Crippen LogP contribution is 2.65. The number of aryl methyl sites for hydroxylation is 1. The van der Waals surface area contributed by atoms with Crippen molar-refractivity contribution in [2.45, 2.75) is 78.6 Å². The van der Waals surface area contributed by atoms with Crippen LogP contribution in [0.15, 0.2) is 59.7 Å². The Bertz CT molecular complexity index is 1330. The maximum Gasteiger partial charge on any atom is 0.158 e. The molecule has 37 heavy (non-hydrogen) atoms. The van der Waals surface area contributed by atoms with Crippen LogP contribution in [0.2, 0.25) is 0 Å². The second kappa shape index (κ2) is 8.48. The molecule has 2 aliphatic carbocycles. The van der Waals surface area contributed by atoms with Gasteiger partial charge in [-0.15, -0.1) is 0 Å². The van der Waals surface area contributed by atoms with E-state index in [9.17, 15) is 5.26 Å². The van der Waals surface area contributed by atoms with E-state index < -0.39 is 0 Å². The quantitative estimate of drug-likeness (QED) is 0.431. The lowest BCUT2D eigenvalue weighted by Crippen LogP contribution is -2.54. The second-order valence-electron chi connectivity index (χ2n) is 12.7. The van der Waals surface area contributed by atoms with Gasteiger partial charge < -0.3 is 4.90 Å². The van der Waals surface area contributed by atoms with Gasteiger partial charge in [-0.1, -0.05) is 84.0 Å². The molecule has 0 aromatic heterocycles. The minimum Gasteiger partial charge on any atom is -0.325 e. The monoisotopic (exact) mass is 492 g/mol. The van der Waals surface area contributed by atoms with Gasteiger partial charge in [0.15, 0.2) is 5.84 Å². The summed E-state index contributed by atoms with van der Waals surface area (Å²) >= 11 is 0. The minimum absolute atomic E-state index is 0.0138. The summed E-state index contributed by atoms with van der Waals surface area (Å²) in [6.07, 6.45) is 6.01. The molecule has 0 spiro atoms. The molecule has 1 fully saturated rings. The molecule has 2 aromatic carbocycles. The number of hydrogen-bond donors (Lipinski definition) is 0. The highest BCUT2D eigenvalue weighted by Gasteiger charge is 2.69. The average molecular weight is 493 g/mol. The maximum absolute atomic E-state index is 9.87. The molecule has 4 heteroatoms. The van der Waals surface area contributed by atoms with E-state index in [0.717, 1.165) is 17.8 Å². The van der Waals surface area contributed by atoms with E-state index >= 15 is 0 Å². The third kappa shape index (κ3) is 3.36. The van der Waals surface area contributed by atoms with Crippen LogP contribution in [0, 0.1) is 47.8 Å². The second-order valence-corrected chi connectivity index (χ2v) is 12.7. The summed E-state index contributed by atoms with van der Waals surface area (Å²) in [5, 5.41) is 17.8. The van der Waals surface area contributed by atoms with E-state index in [4.69, 9.17) is 5.10 Å². The van der Waals surface area contributed by atoms with Crippen molar-refractivity contribution in [1.29, 1.82) is 5.26 Å². The first-order chi connectivity index (χ1) is 17.7. The lowest BCUT2D eigenvalue weighted by atomic mass is 9.70. The van der Waals surface area contributed by atoms with Crippen molar-refractivity contribution in [3.8, 4) is 6.07 Å². The average Bonchev–Trinajstić information content (AvgIpc) is 3.25. The van der Waals surface area contributed by atoms with Crippen LogP contribution in [0.1, 0.15) is 81.9 Å². The normalized spacial score (nSPS) is 33.7. The standard InChI is InChI=1S/C33H40N4/c1-19(2)24-13-10-14-25(20(3)4)29(24)36-31(26-12-9-8-11-21(26)5)35-37-30-22(6)33(30,7)28-16-15-23(18-34)17-27(28)32(36)37/h8-13,15-17,19-20,22,24-25,29-30,32H,14H2,1-7H3/t22-,24?,25?,29?,30?,32?,33?/m0/s1. The molecule has 6 unspecified atom stereocenters. The summed E-state index contributed by atoms with van der Waals surface area (Å²) in [7, 11) is 0. The van der Waals surface area contributed by atoms with Crippen LogP contribution in [0.25, 0.3) is 0 Å². The van der Waals surface area contributed by atoms with Crippen molar-refractivity contribution >= 4 is 5.84 Å². The zero-order valence-electron chi connectivity index (χ0n) is 23.3. The molecule has 2 aliphatic heterocycles. The van der Waals surface area contributed by atoms with Crippen molar-refractivity contribution in [3.63, 3.8) is 0 Å². The van der Waals surface area contributed by atoms with Crippen molar-refractivity contribution in [1.82, 2.24) is 9.91 Å². The SMILES string of the molecule is Cc1ccccc1C1=NN2C(c3cc(C#N)ccc3C3(C)C2[C@@H]3C)N1C1C(C(C)C)C=CCC1C(C)C. The van der Waals surface area contributed by atoms with E-state index in [1.165, 1.54) is 22.3 Å². The summed E-state index contributed by atoms with van der Waals surface area (Å²) in [6, 6.07) is 18.3. The molecule has 0 radical (unpaired) electrons. The number of fused-ring (bicyclic) bond motifs is 6. The molecular weight excluding hydrogens is 452 g/mol. The van der Waals surface area contributed by atoms with Gasteiger partial charge in [0, 0.05) is 22.6 Å². The predicted octanol–water partition coefficient (Wildman–Crippen LogP) is 7.01. The van der Waals surface area contributed by atoms with Crippen LogP contribution in [0.4, 0.5) is 0 Å². The highest BCUT2D eigenvalue weighted by atomic mass is 15.7. The van der Waals surface area contributed by atoms with Crippen LogP contribution in [-0.4, -0.2) is 27.8 Å². The molecule has 4 nitrogen and oxygen atoms in total. The highest BCUT2D eigenvalue weighted by molar-refractivity contribution is 6.01. The molecule has 7 atom stereocenters. The van der Waals surface area contributed by atoms with Crippen LogP contribution >= 0.6 is 0 Å². The third-order valence-electron chi connectivity index (χ3n) is 10.2. The molecule has 0 amide bonds. The first kappa shape index (κ1) is 24.3. The van der Waals surface area contributed by atoms with E-state index in [2.05, 4.69) is 113 Å². The fraction of sp³-hybridized carbons (Fsp3) is 0.515. The van der Waals surface area contributed by atoms with Gasteiger partial charge in [0.1, 0.15) is 6.17 Å². The van der Waals surface area contributed by atoms with Gasteiger partial charge in [-0.25, -0.2) is 0 Å². The van der Waals surface area contributed by atoms with E-state index in [0.29, 0.717) is 41.7 Å². The molecule has 192 valence electrons. The summed E-state index contributed by atoms with van der Waals surface area (Å²) in [4.78, 5) is 2.70. The summed E-state index contributed by atoms with van der Waals surface area (Å²) < 4.78 is 0. The molecule has 2 aromatic rings. The number of benzene rings is 2.